The van der Waals surface area contributed by atoms with Crippen molar-refractivity contribution in [2.24, 2.45) is 0 Å². The second-order valence-electron chi connectivity index (χ2n) is 4.04. The smallest absolute Gasteiger partial charge is 0.202 e. The maximum atomic E-state index is 12.2. The van der Waals surface area contributed by atoms with Crippen molar-refractivity contribution in [3.05, 3.63) is 35.9 Å². The van der Waals surface area contributed by atoms with Gasteiger partial charge in [-0.05, 0) is 30.6 Å². The van der Waals surface area contributed by atoms with Gasteiger partial charge in [0, 0.05) is 5.56 Å². The first-order valence-corrected chi connectivity index (χ1v) is 7.43. The highest BCUT2D eigenvalue weighted by Crippen LogP contribution is 2.52. The molecule has 0 radical (unpaired) electrons. The van der Waals surface area contributed by atoms with Crippen LogP contribution in [0.15, 0.2) is 30.3 Å². The maximum Gasteiger partial charge on any atom is 0.202 e. The van der Waals surface area contributed by atoms with Crippen molar-refractivity contribution in [2.75, 3.05) is 17.8 Å². The molecule has 1 fully saturated rings. The number of benzene rings is 1. The maximum absolute atomic E-state index is 12.2. The summed E-state index contributed by atoms with van der Waals surface area (Å²) in [5.41, 5.74) is 0.909. The summed E-state index contributed by atoms with van der Waals surface area (Å²) in [5.74, 6) is 2.28. The molecular weight excluding hydrogens is 192 g/mol. The minimum atomic E-state index is -0.974. The summed E-state index contributed by atoms with van der Waals surface area (Å²) in [6, 6.07) is 9.75. The lowest BCUT2D eigenvalue weighted by molar-refractivity contribution is 0.108. The Hall–Kier alpha value is -0.760. The zero-order chi connectivity index (χ0) is 10.0. The van der Waals surface area contributed by atoms with E-state index in [2.05, 4.69) is 6.26 Å². The fourth-order valence-corrected chi connectivity index (χ4v) is 4.95. The predicted octanol–water partition coefficient (Wildman–Crippen LogP) is 3.06. The third kappa shape index (κ3) is 1.71. The second-order valence-corrected chi connectivity index (χ2v) is 7.78. The molecule has 1 aromatic carbocycles. The Morgan fingerprint density at radius 2 is 1.71 bits per heavy atom. The molecule has 1 aliphatic heterocycles. The third-order valence-corrected chi connectivity index (χ3v) is 6.41. The third-order valence-electron chi connectivity index (χ3n) is 2.90. The van der Waals surface area contributed by atoms with Gasteiger partial charge in [-0.1, -0.05) is 30.3 Å². The number of hydrogen-bond acceptors (Lipinski definition) is 1. The van der Waals surface area contributed by atoms with Crippen LogP contribution in [0.3, 0.4) is 0 Å². The molecule has 0 aromatic heterocycles. The van der Waals surface area contributed by atoms with Gasteiger partial charge in [0.15, 0.2) is 0 Å². The van der Waals surface area contributed by atoms with Crippen LogP contribution >= 0.6 is 10.0 Å². The Balaban J connectivity index is 2.24. The van der Waals surface area contributed by atoms with Crippen LogP contribution < -0.4 is 0 Å². The molecule has 1 aliphatic rings. The van der Waals surface area contributed by atoms with E-state index in [0.717, 1.165) is 17.1 Å². The van der Waals surface area contributed by atoms with E-state index >= 15 is 0 Å². The van der Waals surface area contributed by atoms with Crippen molar-refractivity contribution < 1.29 is 4.79 Å². The van der Waals surface area contributed by atoms with Crippen LogP contribution in [0.1, 0.15) is 23.2 Å². The highest BCUT2D eigenvalue weighted by Gasteiger charge is 2.31. The number of carbonyl (C=O) groups excluding carboxylic acids is 1. The molecule has 2 rings (SSSR count). The first kappa shape index (κ1) is 9.78. The molecule has 14 heavy (non-hydrogen) atoms. The van der Waals surface area contributed by atoms with Gasteiger partial charge in [0.2, 0.25) is 5.12 Å². The largest absolute Gasteiger partial charge is 0.283 e. The molecule has 76 valence electrons. The van der Waals surface area contributed by atoms with Crippen LogP contribution in [0.2, 0.25) is 0 Å². The summed E-state index contributed by atoms with van der Waals surface area (Å²) >= 11 is 0. The normalized spacial score (nSPS) is 21.8. The molecule has 0 unspecified atom stereocenters. The molecule has 0 atom stereocenters. The van der Waals surface area contributed by atoms with Gasteiger partial charge < -0.3 is 0 Å². The Labute approximate surface area is 86.8 Å². The molecule has 1 heterocycles. The second kappa shape index (κ2) is 3.77. The summed E-state index contributed by atoms with van der Waals surface area (Å²) in [6.07, 6.45) is 4.67. The molecule has 1 saturated heterocycles. The van der Waals surface area contributed by atoms with Crippen molar-refractivity contribution in [3.63, 3.8) is 0 Å². The quantitative estimate of drug-likeness (QED) is 0.693. The topological polar surface area (TPSA) is 17.1 Å². The zero-order valence-electron chi connectivity index (χ0n) is 8.53. The van der Waals surface area contributed by atoms with Crippen LogP contribution in [0, 0.1) is 0 Å². The first-order chi connectivity index (χ1) is 6.72. The molecule has 0 bridgehead atoms. The number of rotatable bonds is 1. The van der Waals surface area contributed by atoms with Gasteiger partial charge in [0.25, 0.3) is 0 Å². The summed E-state index contributed by atoms with van der Waals surface area (Å²) in [7, 11) is -0.974. The highest BCUT2D eigenvalue weighted by atomic mass is 32.3. The van der Waals surface area contributed by atoms with Gasteiger partial charge >= 0.3 is 0 Å². The van der Waals surface area contributed by atoms with Crippen molar-refractivity contribution in [1.82, 2.24) is 0 Å². The van der Waals surface area contributed by atoms with Gasteiger partial charge in [-0.15, -0.1) is 0 Å². The summed E-state index contributed by atoms with van der Waals surface area (Å²) in [4.78, 5) is 12.2. The molecule has 0 aliphatic carbocycles. The fraction of sp³-hybridized carbons (Fsp3) is 0.417. The molecule has 1 nitrogen and oxygen atoms in total. The van der Waals surface area contributed by atoms with Gasteiger partial charge in [-0.2, -0.15) is 10.0 Å². The van der Waals surface area contributed by atoms with E-state index in [1.807, 2.05) is 30.3 Å². The van der Waals surface area contributed by atoms with Crippen molar-refractivity contribution in [1.29, 1.82) is 0 Å². The fourth-order valence-electron chi connectivity index (χ4n) is 1.99. The van der Waals surface area contributed by atoms with Gasteiger partial charge in [0.1, 0.15) is 0 Å². The van der Waals surface area contributed by atoms with Gasteiger partial charge in [-0.3, -0.25) is 4.79 Å². The lowest BCUT2D eigenvalue weighted by atomic mass is 10.2. The molecule has 0 N–H and O–H groups in total. The van der Waals surface area contributed by atoms with E-state index in [0.29, 0.717) is 5.12 Å². The number of carbonyl (C=O) groups is 1. The van der Waals surface area contributed by atoms with E-state index in [4.69, 9.17) is 0 Å². The van der Waals surface area contributed by atoms with E-state index in [-0.39, 0.29) is 0 Å². The van der Waals surface area contributed by atoms with Crippen molar-refractivity contribution in [3.8, 4) is 0 Å². The summed E-state index contributed by atoms with van der Waals surface area (Å²) in [5, 5.41) is 0.413. The Bertz CT molecular complexity index is 325. The Kier molecular flexibility index (Phi) is 2.64. The van der Waals surface area contributed by atoms with Crippen molar-refractivity contribution in [2.45, 2.75) is 12.8 Å². The molecule has 0 amide bonds. The van der Waals surface area contributed by atoms with Crippen LogP contribution in [-0.2, 0) is 0 Å². The minimum absolute atomic E-state index is 0.413. The van der Waals surface area contributed by atoms with Crippen LogP contribution in [-0.4, -0.2) is 22.9 Å². The molecule has 0 spiro atoms. The summed E-state index contributed by atoms with van der Waals surface area (Å²) < 4.78 is 0. The Morgan fingerprint density at radius 1 is 1.14 bits per heavy atom. The van der Waals surface area contributed by atoms with Crippen molar-refractivity contribution >= 4 is 15.1 Å². The monoisotopic (exact) mass is 208 g/mol. The zero-order valence-corrected chi connectivity index (χ0v) is 9.35. The van der Waals surface area contributed by atoms with E-state index in [1.54, 1.807) is 0 Å². The summed E-state index contributed by atoms with van der Waals surface area (Å²) in [6.45, 7) is 0. The average Bonchev–Trinajstić information content (AvgIpc) is 2.67. The lowest BCUT2D eigenvalue weighted by Gasteiger charge is -2.28. The molecular formula is C12H16OS. The standard InChI is InChI=1S/C12H16OS/c1-14(9-5-6-10-14)12(13)11-7-3-2-4-8-11/h2-4,7-8H,5-6,9-10H2,1H3. The Morgan fingerprint density at radius 3 is 2.29 bits per heavy atom. The van der Waals surface area contributed by atoms with Gasteiger partial charge in [-0.25, -0.2) is 0 Å². The van der Waals surface area contributed by atoms with Gasteiger partial charge in [0.05, 0.1) is 0 Å². The number of hydrogen-bond donors (Lipinski definition) is 0. The van der Waals surface area contributed by atoms with Crippen LogP contribution in [0.25, 0.3) is 0 Å². The predicted molar refractivity (Wildman–Crippen MR) is 63.3 cm³/mol. The molecule has 2 heteroatoms. The molecule has 1 aromatic rings. The minimum Gasteiger partial charge on any atom is -0.283 e. The SMILES string of the molecule is CS1(C(=O)c2ccccc2)CCCC1. The van der Waals surface area contributed by atoms with E-state index < -0.39 is 10.0 Å². The van der Waals surface area contributed by atoms with Crippen LogP contribution in [0.4, 0.5) is 0 Å². The average molecular weight is 208 g/mol. The van der Waals surface area contributed by atoms with E-state index in [9.17, 15) is 4.79 Å². The van der Waals surface area contributed by atoms with Crippen LogP contribution in [0.5, 0.6) is 0 Å². The highest BCUT2D eigenvalue weighted by molar-refractivity contribution is 8.45. The lowest BCUT2D eigenvalue weighted by Crippen LogP contribution is -2.12. The molecule has 0 saturated carbocycles. The van der Waals surface area contributed by atoms with E-state index in [1.165, 1.54) is 12.8 Å². The first-order valence-electron chi connectivity index (χ1n) is 5.05.